The minimum Gasteiger partial charge on any atom is -0.497 e. The second kappa shape index (κ2) is 6.41. The van der Waals surface area contributed by atoms with Gasteiger partial charge in [-0.05, 0) is 55.2 Å². The zero-order valence-corrected chi connectivity index (χ0v) is 12.6. The number of nitrogens with two attached hydrogens (primary N) is 1. The van der Waals surface area contributed by atoms with E-state index in [-0.39, 0.29) is 0 Å². The molecule has 0 aromatic heterocycles. The molecule has 3 unspecified atom stereocenters. The molecule has 2 fully saturated rings. The Morgan fingerprint density at radius 1 is 1.29 bits per heavy atom. The molecule has 0 aliphatic heterocycles. The molecule has 1 aromatic rings. The molecule has 0 heterocycles. The van der Waals surface area contributed by atoms with Crippen molar-refractivity contribution in [2.24, 2.45) is 23.5 Å². The van der Waals surface area contributed by atoms with E-state index in [1.165, 1.54) is 25.7 Å². The fourth-order valence-corrected chi connectivity index (χ4v) is 3.78. The Bertz CT molecular complexity index is 558. The minimum atomic E-state index is 0.350. The molecule has 2 aliphatic carbocycles. The standard InChI is InChI=1S/C18H23NO2/c1-20-17-6-7-18(15(11-17)3-2-8-19)21-12-16-10-13-4-5-14(16)9-13/h6-7,11,13-14,16H,4-5,8-10,12,19H2,1H3. The molecule has 2 bridgehead atoms. The normalized spacial score (nSPS) is 26.3. The third kappa shape index (κ3) is 3.16. The van der Waals surface area contributed by atoms with E-state index in [1.54, 1.807) is 7.11 Å². The number of ether oxygens (including phenoxy) is 2. The Labute approximate surface area is 126 Å². The van der Waals surface area contributed by atoms with Crippen molar-refractivity contribution in [2.75, 3.05) is 20.3 Å². The van der Waals surface area contributed by atoms with Crippen molar-refractivity contribution < 1.29 is 9.47 Å². The SMILES string of the molecule is COc1ccc(OCC2CC3CCC2C3)c(C#CCN)c1. The van der Waals surface area contributed by atoms with Gasteiger partial charge < -0.3 is 15.2 Å². The van der Waals surface area contributed by atoms with Crippen LogP contribution in [0.15, 0.2) is 18.2 Å². The second-order valence-corrected chi connectivity index (χ2v) is 6.11. The molecule has 1 aromatic carbocycles. The molecular weight excluding hydrogens is 262 g/mol. The minimum absolute atomic E-state index is 0.350. The maximum Gasteiger partial charge on any atom is 0.135 e. The van der Waals surface area contributed by atoms with Gasteiger partial charge in [0.25, 0.3) is 0 Å². The van der Waals surface area contributed by atoms with Gasteiger partial charge in [-0.2, -0.15) is 0 Å². The zero-order chi connectivity index (χ0) is 14.7. The number of hydrogen-bond donors (Lipinski definition) is 1. The van der Waals surface area contributed by atoms with Crippen LogP contribution in [0.5, 0.6) is 11.5 Å². The maximum atomic E-state index is 6.07. The van der Waals surface area contributed by atoms with Gasteiger partial charge in [-0.3, -0.25) is 0 Å². The Morgan fingerprint density at radius 2 is 2.19 bits per heavy atom. The Kier molecular flexibility index (Phi) is 4.36. The summed E-state index contributed by atoms with van der Waals surface area (Å²) < 4.78 is 11.3. The summed E-state index contributed by atoms with van der Waals surface area (Å²) >= 11 is 0. The van der Waals surface area contributed by atoms with Crippen LogP contribution >= 0.6 is 0 Å². The van der Waals surface area contributed by atoms with Gasteiger partial charge in [-0.25, -0.2) is 0 Å². The van der Waals surface area contributed by atoms with Crippen molar-refractivity contribution in [2.45, 2.75) is 25.7 Å². The van der Waals surface area contributed by atoms with Crippen molar-refractivity contribution >= 4 is 0 Å². The molecule has 2 N–H and O–H groups in total. The maximum absolute atomic E-state index is 6.07. The third-order valence-corrected chi connectivity index (χ3v) is 4.85. The second-order valence-electron chi connectivity index (χ2n) is 6.11. The van der Waals surface area contributed by atoms with E-state index in [0.717, 1.165) is 41.4 Å². The van der Waals surface area contributed by atoms with E-state index >= 15 is 0 Å². The summed E-state index contributed by atoms with van der Waals surface area (Å²) in [4.78, 5) is 0. The molecular formula is C18H23NO2. The summed E-state index contributed by atoms with van der Waals surface area (Å²) in [5, 5.41) is 0. The molecule has 0 amide bonds. The van der Waals surface area contributed by atoms with Crippen LogP contribution in [0.4, 0.5) is 0 Å². The summed E-state index contributed by atoms with van der Waals surface area (Å²) in [5.41, 5.74) is 6.33. The van der Waals surface area contributed by atoms with Gasteiger partial charge in [-0.15, -0.1) is 0 Å². The first-order valence-electron chi connectivity index (χ1n) is 7.80. The summed E-state index contributed by atoms with van der Waals surface area (Å²) in [7, 11) is 1.66. The number of rotatable bonds is 4. The van der Waals surface area contributed by atoms with Gasteiger partial charge in [0.2, 0.25) is 0 Å². The molecule has 0 radical (unpaired) electrons. The van der Waals surface area contributed by atoms with Crippen LogP contribution in [0.3, 0.4) is 0 Å². The van der Waals surface area contributed by atoms with Gasteiger partial charge in [0, 0.05) is 0 Å². The molecule has 0 spiro atoms. The zero-order valence-electron chi connectivity index (χ0n) is 12.6. The summed E-state index contributed by atoms with van der Waals surface area (Å²) in [6.07, 6.45) is 5.57. The van der Waals surface area contributed by atoms with Crippen molar-refractivity contribution in [3.8, 4) is 23.3 Å². The average molecular weight is 285 g/mol. The number of benzene rings is 1. The highest BCUT2D eigenvalue weighted by Crippen LogP contribution is 2.48. The summed E-state index contributed by atoms with van der Waals surface area (Å²) in [5.74, 6) is 10.2. The smallest absolute Gasteiger partial charge is 0.135 e. The van der Waals surface area contributed by atoms with Gasteiger partial charge in [-0.1, -0.05) is 18.3 Å². The predicted molar refractivity (Wildman–Crippen MR) is 83.4 cm³/mol. The highest BCUT2D eigenvalue weighted by Gasteiger charge is 2.39. The van der Waals surface area contributed by atoms with Crippen molar-refractivity contribution in [1.82, 2.24) is 0 Å². The van der Waals surface area contributed by atoms with E-state index in [0.29, 0.717) is 6.54 Å². The highest BCUT2D eigenvalue weighted by molar-refractivity contribution is 5.50. The van der Waals surface area contributed by atoms with Crippen LogP contribution in [-0.4, -0.2) is 20.3 Å². The molecule has 0 saturated heterocycles. The van der Waals surface area contributed by atoms with Gasteiger partial charge in [0.15, 0.2) is 0 Å². The molecule has 3 heteroatoms. The van der Waals surface area contributed by atoms with E-state index in [9.17, 15) is 0 Å². The molecule has 21 heavy (non-hydrogen) atoms. The largest absolute Gasteiger partial charge is 0.497 e. The average Bonchev–Trinajstić information content (AvgIpc) is 3.14. The van der Waals surface area contributed by atoms with Gasteiger partial charge in [0.05, 0.1) is 25.8 Å². The Morgan fingerprint density at radius 3 is 2.86 bits per heavy atom. The van der Waals surface area contributed by atoms with Gasteiger partial charge in [0.1, 0.15) is 11.5 Å². The number of fused-ring (bicyclic) bond motifs is 2. The number of hydrogen-bond acceptors (Lipinski definition) is 3. The van der Waals surface area contributed by atoms with Crippen LogP contribution < -0.4 is 15.2 Å². The molecule has 2 aliphatic rings. The first-order valence-corrected chi connectivity index (χ1v) is 7.80. The fourth-order valence-electron chi connectivity index (χ4n) is 3.78. The van der Waals surface area contributed by atoms with Crippen molar-refractivity contribution in [3.63, 3.8) is 0 Å². The van der Waals surface area contributed by atoms with E-state index < -0.39 is 0 Å². The van der Waals surface area contributed by atoms with Crippen molar-refractivity contribution in [1.29, 1.82) is 0 Å². The van der Waals surface area contributed by atoms with E-state index in [1.807, 2.05) is 18.2 Å². The lowest BCUT2D eigenvalue weighted by Crippen LogP contribution is -2.18. The Balaban J connectivity index is 1.69. The topological polar surface area (TPSA) is 44.5 Å². The lowest BCUT2D eigenvalue weighted by atomic mass is 9.89. The highest BCUT2D eigenvalue weighted by atomic mass is 16.5. The van der Waals surface area contributed by atoms with Crippen LogP contribution in [0.2, 0.25) is 0 Å². The molecule has 3 rings (SSSR count). The quantitative estimate of drug-likeness (QED) is 0.865. The fraction of sp³-hybridized carbons (Fsp3) is 0.556. The molecule has 3 atom stereocenters. The first kappa shape index (κ1) is 14.3. The lowest BCUT2D eigenvalue weighted by molar-refractivity contribution is 0.195. The Hall–Kier alpha value is -1.66. The van der Waals surface area contributed by atoms with Gasteiger partial charge >= 0.3 is 0 Å². The molecule has 2 saturated carbocycles. The monoisotopic (exact) mass is 285 g/mol. The van der Waals surface area contributed by atoms with Crippen LogP contribution in [0.25, 0.3) is 0 Å². The van der Waals surface area contributed by atoms with Crippen LogP contribution in [0.1, 0.15) is 31.2 Å². The lowest BCUT2D eigenvalue weighted by Gasteiger charge is -2.22. The summed E-state index contributed by atoms with van der Waals surface area (Å²) in [6, 6.07) is 5.79. The molecule has 3 nitrogen and oxygen atoms in total. The van der Waals surface area contributed by atoms with E-state index in [2.05, 4.69) is 11.8 Å². The summed E-state index contributed by atoms with van der Waals surface area (Å²) in [6.45, 7) is 1.16. The third-order valence-electron chi connectivity index (χ3n) is 4.85. The molecule has 112 valence electrons. The first-order chi connectivity index (χ1) is 10.3. The number of methoxy groups -OCH3 is 1. The van der Waals surface area contributed by atoms with E-state index in [4.69, 9.17) is 15.2 Å². The van der Waals surface area contributed by atoms with Crippen molar-refractivity contribution in [3.05, 3.63) is 23.8 Å². The van der Waals surface area contributed by atoms with Crippen LogP contribution in [0, 0.1) is 29.6 Å². The predicted octanol–water partition coefficient (Wildman–Crippen LogP) is 2.82. The van der Waals surface area contributed by atoms with Crippen LogP contribution in [-0.2, 0) is 0 Å².